The standard InChI is InChI=1S/C24H24N4O5/c1-33-23-17-20(21(27(29)30)16-22(23)28(31)32)25-12-14-26(15-13-25)24(18-8-4-2-5-9-18)19-10-6-3-7-11-19/h2-11,16-17,24H,12-15H2,1H3. The zero-order chi connectivity index (χ0) is 23.4. The minimum atomic E-state index is -0.669. The maximum Gasteiger partial charge on any atom is 0.317 e. The molecule has 4 rings (SSSR count). The molecule has 0 aromatic heterocycles. The molecule has 1 aliphatic rings. The monoisotopic (exact) mass is 448 g/mol. The van der Waals surface area contributed by atoms with E-state index in [0.717, 1.165) is 6.07 Å². The van der Waals surface area contributed by atoms with E-state index in [9.17, 15) is 20.2 Å². The molecule has 1 heterocycles. The van der Waals surface area contributed by atoms with Crippen LogP contribution in [0.15, 0.2) is 72.8 Å². The molecule has 0 atom stereocenters. The Labute approximate surface area is 191 Å². The van der Waals surface area contributed by atoms with Crippen molar-refractivity contribution in [1.29, 1.82) is 0 Å². The van der Waals surface area contributed by atoms with Crippen LogP contribution in [0.3, 0.4) is 0 Å². The van der Waals surface area contributed by atoms with Crippen LogP contribution >= 0.6 is 0 Å². The fourth-order valence-electron chi connectivity index (χ4n) is 4.36. The maximum absolute atomic E-state index is 11.7. The highest BCUT2D eigenvalue weighted by molar-refractivity contribution is 5.72. The number of anilines is 1. The largest absolute Gasteiger partial charge is 0.490 e. The summed E-state index contributed by atoms with van der Waals surface area (Å²) in [5, 5.41) is 23.0. The quantitative estimate of drug-likeness (QED) is 0.389. The van der Waals surface area contributed by atoms with Crippen LogP contribution in [0.5, 0.6) is 5.75 Å². The van der Waals surface area contributed by atoms with Crippen molar-refractivity contribution < 1.29 is 14.6 Å². The molecule has 33 heavy (non-hydrogen) atoms. The van der Waals surface area contributed by atoms with E-state index < -0.39 is 15.5 Å². The van der Waals surface area contributed by atoms with E-state index in [1.54, 1.807) is 0 Å². The Balaban J connectivity index is 1.62. The van der Waals surface area contributed by atoms with Crippen molar-refractivity contribution in [2.75, 3.05) is 38.2 Å². The summed E-state index contributed by atoms with van der Waals surface area (Å²) in [4.78, 5) is 26.0. The van der Waals surface area contributed by atoms with Gasteiger partial charge in [-0.05, 0) is 11.1 Å². The van der Waals surface area contributed by atoms with Gasteiger partial charge in [-0.1, -0.05) is 60.7 Å². The van der Waals surface area contributed by atoms with Crippen molar-refractivity contribution in [3.8, 4) is 5.75 Å². The molecule has 1 saturated heterocycles. The van der Waals surface area contributed by atoms with Gasteiger partial charge in [-0.3, -0.25) is 25.1 Å². The molecule has 0 aliphatic carbocycles. The molecule has 0 bridgehead atoms. The number of hydrogen-bond acceptors (Lipinski definition) is 7. The SMILES string of the molecule is COc1cc(N2CCN(C(c3ccccc3)c3ccccc3)CC2)c([N+](=O)[O-])cc1[N+](=O)[O-]. The Morgan fingerprint density at radius 2 is 1.30 bits per heavy atom. The minimum Gasteiger partial charge on any atom is -0.490 e. The van der Waals surface area contributed by atoms with Gasteiger partial charge in [-0.25, -0.2) is 0 Å². The van der Waals surface area contributed by atoms with Crippen LogP contribution in [-0.2, 0) is 0 Å². The number of methoxy groups -OCH3 is 1. The van der Waals surface area contributed by atoms with E-state index in [1.807, 2.05) is 41.3 Å². The number of piperazine rings is 1. The molecule has 9 nitrogen and oxygen atoms in total. The van der Waals surface area contributed by atoms with Crippen LogP contribution in [0.25, 0.3) is 0 Å². The summed E-state index contributed by atoms with van der Waals surface area (Å²) in [7, 11) is 1.32. The van der Waals surface area contributed by atoms with Gasteiger partial charge in [-0.15, -0.1) is 0 Å². The summed E-state index contributed by atoms with van der Waals surface area (Å²) in [6.07, 6.45) is 0. The molecule has 3 aromatic carbocycles. The first-order valence-electron chi connectivity index (χ1n) is 10.6. The fourth-order valence-corrected chi connectivity index (χ4v) is 4.36. The van der Waals surface area contributed by atoms with Gasteiger partial charge >= 0.3 is 5.69 Å². The van der Waals surface area contributed by atoms with Crippen LogP contribution in [0.1, 0.15) is 17.2 Å². The number of hydrogen-bond donors (Lipinski definition) is 0. The van der Waals surface area contributed by atoms with Gasteiger partial charge in [-0.2, -0.15) is 0 Å². The van der Waals surface area contributed by atoms with Crippen LogP contribution in [-0.4, -0.2) is 48.0 Å². The average Bonchev–Trinajstić information content (AvgIpc) is 2.85. The first kappa shape index (κ1) is 22.2. The Morgan fingerprint density at radius 3 is 1.76 bits per heavy atom. The Kier molecular flexibility index (Phi) is 6.50. The van der Waals surface area contributed by atoms with E-state index in [2.05, 4.69) is 29.2 Å². The first-order chi connectivity index (χ1) is 16.0. The second-order valence-electron chi connectivity index (χ2n) is 7.77. The molecule has 1 fully saturated rings. The van der Waals surface area contributed by atoms with E-state index in [4.69, 9.17) is 4.74 Å². The molecule has 1 aliphatic heterocycles. The molecule has 0 N–H and O–H groups in total. The van der Waals surface area contributed by atoms with Crippen LogP contribution in [0.2, 0.25) is 0 Å². The average molecular weight is 448 g/mol. The Bertz CT molecular complexity index is 1090. The predicted octanol–water partition coefficient (Wildman–Crippen LogP) is 4.42. The fraction of sp³-hybridized carbons (Fsp3) is 0.250. The Morgan fingerprint density at radius 1 is 0.788 bits per heavy atom. The van der Waals surface area contributed by atoms with Crippen molar-refractivity contribution in [2.24, 2.45) is 0 Å². The molecule has 0 unspecified atom stereocenters. The summed E-state index contributed by atoms with van der Waals surface area (Å²) in [5.41, 5.74) is 1.98. The number of nitrogens with zero attached hydrogens (tertiary/aromatic N) is 4. The van der Waals surface area contributed by atoms with E-state index in [1.165, 1.54) is 24.3 Å². The van der Waals surface area contributed by atoms with Crippen LogP contribution in [0.4, 0.5) is 17.1 Å². The van der Waals surface area contributed by atoms with Gasteiger partial charge in [0.05, 0.1) is 29.1 Å². The van der Waals surface area contributed by atoms with Crippen molar-refractivity contribution in [3.63, 3.8) is 0 Å². The van der Waals surface area contributed by atoms with Gasteiger partial charge in [0.25, 0.3) is 5.69 Å². The minimum absolute atomic E-state index is 0.00878. The predicted molar refractivity (Wildman–Crippen MR) is 125 cm³/mol. The van der Waals surface area contributed by atoms with Gasteiger partial charge in [0, 0.05) is 32.2 Å². The Hall–Kier alpha value is -3.98. The molecule has 0 saturated carbocycles. The number of nitro benzene ring substituents is 2. The molecule has 0 amide bonds. The second-order valence-corrected chi connectivity index (χ2v) is 7.77. The van der Waals surface area contributed by atoms with Gasteiger partial charge < -0.3 is 9.64 Å². The zero-order valence-electron chi connectivity index (χ0n) is 18.2. The van der Waals surface area contributed by atoms with Gasteiger partial charge in [0.1, 0.15) is 5.69 Å². The van der Waals surface area contributed by atoms with Crippen LogP contribution in [0, 0.1) is 20.2 Å². The second kappa shape index (κ2) is 9.66. The van der Waals surface area contributed by atoms with E-state index in [0.29, 0.717) is 31.9 Å². The third-order valence-electron chi connectivity index (χ3n) is 5.92. The molecule has 3 aromatic rings. The molecule has 0 radical (unpaired) electrons. The van der Waals surface area contributed by atoms with E-state index >= 15 is 0 Å². The van der Waals surface area contributed by atoms with Crippen molar-refractivity contribution in [3.05, 3.63) is 104 Å². The number of rotatable bonds is 7. The number of ether oxygens (including phenoxy) is 1. The van der Waals surface area contributed by atoms with E-state index in [-0.39, 0.29) is 17.5 Å². The number of benzene rings is 3. The van der Waals surface area contributed by atoms with Gasteiger partial charge in [0.15, 0.2) is 5.75 Å². The highest BCUT2D eigenvalue weighted by atomic mass is 16.6. The summed E-state index contributed by atoms with van der Waals surface area (Å²) in [6.45, 7) is 2.42. The topological polar surface area (TPSA) is 102 Å². The highest BCUT2D eigenvalue weighted by Crippen LogP contribution is 2.40. The zero-order valence-corrected chi connectivity index (χ0v) is 18.2. The lowest BCUT2D eigenvalue weighted by molar-refractivity contribution is -0.394. The first-order valence-corrected chi connectivity index (χ1v) is 10.6. The molecular weight excluding hydrogens is 424 g/mol. The third kappa shape index (κ3) is 4.63. The highest BCUT2D eigenvalue weighted by Gasteiger charge is 2.32. The lowest BCUT2D eigenvalue weighted by Gasteiger charge is -2.40. The lowest BCUT2D eigenvalue weighted by atomic mass is 9.96. The summed E-state index contributed by atoms with van der Waals surface area (Å²) < 4.78 is 5.15. The van der Waals surface area contributed by atoms with Gasteiger partial charge in [0.2, 0.25) is 0 Å². The molecular formula is C24H24N4O5. The molecule has 9 heteroatoms. The van der Waals surface area contributed by atoms with Crippen molar-refractivity contribution in [2.45, 2.75) is 6.04 Å². The smallest absolute Gasteiger partial charge is 0.317 e. The molecule has 0 spiro atoms. The maximum atomic E-state index is 11.7. The summed E-state index contributed by atoms with van der Waals surface area (Å²) in [6, 6.07) is 22.9. The summed E-state index contributed by atoms with van der Waals surface area (Å²) >= 11 is 0. The van der Waals surface area contributed by atoms with Crippen molar-refractivity contribution >= 4 is 17.1 Å². The lowest BCUT2D eigenvalue weighted by Crippen LogP contribution is -2.48. The van der Waals surface area contributed by atoms with Crippen LogP contribution < -0.4 is 9.64 Å². The van der Waals surface area contributed by atoms with Crippen molar-refractivity contribution in [1.82, 2.24) is 4.90 Å². The third-order valence-corrected chi connectivity index (χ3v) is 5.92. The summed E-state index contributed by atoms with van der Waals surface area (Å²) in [5.74, 6) is 0.00878. The normalized spacial score (nSPS) is 14.3. The molecule has 170 valence electrons. The number of nitro groups is 2.